The Morgan fingerprint density at radius 2 is 2.19 bits per heavy atom. The molecule has 0 spiro atoms. The van der Waals surface area contributed by atoms with Gasteiger partial charge >= 0.3 is 12.0 Å². The molecule has 21 heavy (non-hydrogen) atoms. The molecule has 112 valence electrons. The van der Waals surface area contributed by atoms with Crippen molar-refractivity contribution in [3.05, 3.63) is 23.8 Å². The highest BCUT2D eigenvalue weighted by atomic mass is 32.1. The second-order valence-electron chi connectivity index (χ2n) is 4.51. The van der Waals surface area contributed by atoms with Crippen molar-refractivity contribution < 1.29 is 19.8 Å². The molecule has 2 amide bonds. The summed E-state index contributed by atoms with van der Waals surface area (Å²) in [5.41, 5.74) is 1.92. The molecule has 0 bridgehead atoms. The molecule has 1 atom stereocenters. The number of aliphatic hydroxyl groups excluding tert-OH is 1. The van der Waals surface area contributed by atoms with Gasteiger partial charge in [0.2, 0.25) is 0 Å². The number of fused-ring (bicyclic) bond motifs is 1. The van der Waals surface area contributed by atoms with Crippen LogP contribution in [-0.4, -0.2) is 39.8 Å². The van der Waals surface area contributed by atoms with Crippen LogP contribution in [0, 0.1) is 6.92 Å². The predicted molar refractivity (Wildman–Crippen MR) is 79.6 cm³/mol. The average molecular weight is 309 g/mol. The predicted octanol–water partition coefficient (Wildman–Crippen LogP) is 1.56. The second kappa shape index (κ2) is 6.51. The molecule has 2 rings (SSSR count). The molecule has 0 saturated carbocycles. The van der Waals surface area contributed by atoms with Crippen molar-refractivity contribution in [1.82, 2.24) is 10.3 Å². The Bertz CT molecular complexity index is 670. The monoisotopic (exact) mass is 309 g/mol. The zero-order chi connectivity index (χ0) is 15.4. The number of aryl methyl sites for hydroxylation is 1. The number of benzene rings is 1. The van der Waals surface area contributed by atoms with Crippen molar-refractivity contribution in [3.8, 4) is 0 Å². The van der Waals surface area contributed by atoms with Crippen LogP contribution in [0.5, 0.6) is 0 Å². The van der Waals surface area contributed by atoms with Gasteiger partial charge < -0.3 is 15.5 Å². The van der Waals surface area contributed by atoms with Crippen molar-refractivity contribution in [1.29, 1.82) is 0 Å². The number of anilines is 1. The number of nitrogens with zero attached hydrogens (tertiary/aromatic N) is 1. The molecule has 1 unspecified atom stereocenters. The minimum atomic E-state index is -1.48. The van der Waals surface area contributed by atoms with E-state index in [2.05, 4.69) is 15.6 Å². The molecular formula is C13H15N3O4S. The summed E-state index contributed by atoms with van der Waals surface area (Å²) in [6.07, 6.45) is -1.53. The van der Waals surface area contributed by atoms with Gasteiger partial charge in [0.1, 0.15) is 0 Å². The van der Waals surface area contributed by atoms with Crippen molar-refractivity contribution >= 4 is 38.7 Å². The van der Waals surface area contributed by atoms with Crippen LogP contribution in [-0.2, 0) is 4.79 Å². The van der Waals surface area contributed by atoms with Gasteiger partial charge in [0, 0.05) is 13.0 Å². The number of amides is 2. The number of aliphatic hydroxyl groups is 1. The molecule has 1 heterocycles. The van der Waals surface area contributed by atoms with E-state index < -0.39 is 18.1 Å². The highest BCUT2D eigenvalue weighted by Gasteiger charge is 2.13. The second-order valence-corrected chi connectivity index (χ2v) is 5.54. The number of thiazole rings is 1. The lowest BCUT2D eigenvalue weighted by atomic mass is 10.2. The molecule has 4 N–H and O–H groups in total. The number of nitrogens with one attached hydrogen (secondary N) is 2. The molecule has 7 nitrogen and oxygen atoms in total. The van der Waals surface area contributed by atoms with Crippen LogP contribution in [0.3, 0.4) is 0 Å². The van der Waals surface area contributed by atoms with Crippen LogP contribution in [0.2, 0.25) is 0 Å². The highest BCUT2D eigenvalue weighted by Crippen LogP contribution is 2.26. The number of aliphatic carboxylic acids is 1. The van der Waals surface area contributed by atoms with Gasteiger partial charge in [-0.3, -0.25) is 5.32 Å². The number of hydrogen-bond acceptors (Lipinski definition) is 5. The Morgan fingerprint density at radius 1 is 1.43 bits per heavy atom. The van der Waals surface area contributed by atoms with Crippen molar-refractivity contribution in [2.24, 2.45) is 0 Å². The molecule has 0 fully saturated rings. The third kappa shape index (κ3) is 4.14. The summed E-state index contributed by atoms with van der Waals surface area (Å²) in [4.78, 5) is 26.3. The fourth-order valence-corrected chi connectivity index (χ4v) is 2.63. The van der Waals surface area contributed by atoms with Crippen molar-refractivity contribution in [3.63, 3.8) is 0 Å². The number of rotatable bonds is 5. The molecule has 0 aliphatic rings. The number of aromatic nitrogens is 1. The van der Waals surface area contributed by atoms with Gasteiger partial charge in [-0.05, 0) is 24.6 Å². The molecule has 2 aromatic rings. The molecule has 0 radical (unpaired) electrons. The van der Waals surface area contributed by atoms with Crippen molar-refractivity contribution in [2.45, 2.75) is 19.4 Å². The maximum absolute atomic E-state index is 11.6. The number of urea groups is 1. The van der Waals surface area contributed by atoms with Gasteiger partial charge in [0.25, 0.3) is 0 Å². The summed E-state index contributed by atoms with van der Waals surface area (Å²) in [5.74, 6) is -1.31. The molecule has 0 aliphatic carbocycles. The summed E-state index contributed by atoms with van der Waals surface area (Å²) >= 11 is 1.36. The number of carbonyl (C=O) groups excluding carboxylic acids is 1. The first-order valence-corrected chi connectivity index (χ1v) is 7.10. The van der Waals surface area contributed by atoms with Crippen LogP contribution in [0.15, 0.2) is 18.2 Å². The van der Waals surface area contributed by atoms with Crippen LogP contribution < -0.4 is 10.6 Å². The van der Waals surface area contributed by atoms with Crippen LogP contribution in [0.1, 0.15) is 12.0 Å². The fraction of sp³-hybridized carbons (Fsp3) is 0.308. The Morgan fingerprint density at radius 3 is 2.90 bits per heavy atom. The largest absolute Gasteiger partial charge is 0.479 e. The summed E-state index contributed by atoms with van der Waals surface area (Å²) in [6, 6.07) is 5.33. The van der Waals surface area contributed by atoms with E-state index in [0.717, 1.165) is 15.8 Å². The minimum Gasteiger partial charge on any atom is -0.479 e. The number of carboxylic acids is 1. The Hall–Kier alpha value is -2.19. The Labute approximate surface area is 124 Å². The quantitative estimate of drug-likeness (QED) is 0.670. The van der Waals surface area contributed by atoms with E-state index >= 15 is 0 Å². The SMILES string of the molecule is Cc1ccc2nc(NC(=O)NCCC(O)C(=O)O)sc2c1. The summed E-state index contributed by atoms with van der Waals surface area (Å²) < 4.78 is 0.978. The molecule has 1 aromatic carbocycles. The summed E-state index contributed by atoms with van der Waals surface area (Å²) in [7, 11) is 0. The zero-order valence-electron chi connectivity index (χ0n) is 11.3. The summed E-state index contributed by atoms with van der Waals surface area (Å²) in [5, 5.41) is 23.1. The van der Waals surface area contributed by atoms with Gasteiger partial charge in [-0.1, -0.05) is 17.4 Å². The highest BCUT2D eigenvalue weighted by molar-refractivity contribution is 7.22. The van der Waals surface area contributed by atoms with E-state index in [1.165, 1.54) is 11.3 Å². The molecule has 0 saturated heterocycles. The number of hydrogen-bond donors (Lipinski definition) is 4. The van der Waals surface area contributed by atoms with Gasteiger partial charge in [-0.15, -0.1) is 0 Å². The first kappa shape index (κ1) is 15.2. The third-order valence-corrected chi connectivity index (χ3v) is 3.69. The topological polar surface area (TPSA) is 112 Å². The first-order chi connectivity index (χ1) is 9.95. The standard InChI is InChI=1S/C13H15N3O4S/c1-7-2-3-8-10(6-7)21-13(15-8)16-12(20)14-5-4-9(17)11(18)19/h2-3,6,9,17H,4-5H2,1H3,(H,18,19)(H2,14,15,16,20). The van der Waals surface area contributed by atoms with E-state index in [-0.39, 0.29) is 13.0 Å². The Balaban J connectivity index is 1.88. The van der Waals surface area contributed by atoms with Crippen LogP contribution in [0.25, 0.3) is 10.2 Å². The van der Waals surface area contributed by atoms with Crippen LogP contribution >= 0.6 is 11.3 Å². The number of carbonyl (C=O) groups is 2. The number of carboxylic acid groups (broad SMARTS) is 1. The molecule has 0 aliphatic heterocycles. The van der Waals surface area contributed by atoms with Gasteiger partial charge in [0.05, 0.1) is 10.2 Å². The zero-order valence-corrected chi connectivity index (χ0v) is 12.1. The molecule has 8 heteroatoms. The lowest BCUT2D eigenvalue weighted by Gasteiger charge is -2.07. The normalized spacial score (nSPS) is 12.1. The summed E-state index contributed by atoms with van der Waals surface area (Å²) in [6.45, 7) is 2.04. The maximum Gasteiger partial charge on any atom is 0.332 e. The lowest BCUT2D eigenvalue weighted by molar-refractivity contribution is -0.146. The van der Waals surface area contributed by atoms with Crippen molar-refractivity contribution in [2.75, 3.05) is 11.9 Å². The van der Waals surface area contributed by atoms with Gasteiger partial charge in [-0.2, -0.15) is 0 Å². The minimum absolute atomic E-state index is 0.0538. The smallest absolute Gasteiger partial charge is 0.332 e. The van der Waals surface area contributed by atoms with Crippen LogP contribution in [0.4, 0.5) is 9.93 Å². The Kier molecular flexibility index (Phi) is 4.71. The van der Waals surface area contributed by atoms with Gasteiger partial charge in [-0.25, -0.2) is 14.6 Å². The van der Waals surface area contributed by atoms with Gasteiger partial charge in [0.15, 0.2) is 11.2 Å². The van der Waals surface area contributed by atoms with E-state index in [9.17, 15) is 9.59 Å². The van der Waals surface area contributed by atoms with E-state index in [1.54, 1.807) is 0 Å². The van der Waals surface area contributed by atoms with E-state index in [1.807, 2.05) is 25.1 Å². The maximum atomic E-state index is 11.6. The lowest BCUT2D eigenvalue weighted by Crippen LogP contribution is -2.33. The first-order valence-electron chi connectivity index (χ1n) is 6.28. The fourth-order valence-electron chi connectivity index (χ4n) is 1.67. The van der Waals surface area contributed by atoms with E-state index in [0.29, 0.717) is 5.13 Å². The third-order valence-electron chi connectivity index (χ3n) is 2.75. The van der Waals surface area contributed by atoms with E-state index in [4.69, 9.17) is 10.2 Å². The molecule has 1 aromatic heterocycles. The molecular weight excluding hydrogens is 294 g/mol. The average Bonchev–Trinajstić information content (AvgIpc) is 2.79.